The van der Waals surface area contributed by atoms with E-state index >= 15 is 0 Å². The lowest BCUT2D eigenvalue weighted by Gasteiger charge is -2.23. The van der Waals surface area contributed by atoms with Crippen molar-refractivity contribution in [2.75, 3.05) is 19.5 Å². The number of hydrogen-bond acceptors (Lipinski definition) is 4. The number of carbonyl (C=O) groups is 2. The molecule has 0 spiro atoms. The molecule has 2 aromatic heterocycles. The van der Waals surface area contributed by atoms with Crippen molar-refractivity contribution in [3.8, 4) is 5.75 Å². The van der Waals surface area contributed by atoms with Gasteiger partial charge in [-0.2, -0.15) is 0 Å². The number of rotatable bonds is 5. The van der Waals surface area contributed by atoms with Crippen LogP contribution in [0.2, 0.25) is 0 Å². The number of carbonyl (C=O) groups excluding carboxylic acids is 2. The van der Waals surface area contributed by atoms with E-state index < -0.39 is 0 Å². The molecular weight excluding hydrogens is 380 g/mol. The van der Waals surface area contributed by atoms with Crippen LogP contribution in [0.4, 0.5) is 5.82 Å². The minimum Gasteiger partial charge on any atom is -0.497 e. The van der Waals surface area contributed by atoms with Gasteiger partial charge in [-0.25, -0.2) is 4.98 Å². The molecule has 0 aliphatic carbocycles. The molecule has 0 saturated heterocycles. The molecule has 2 N–H and O–H groups in total. The Labute approximate surface area is 174 Å². The number of pyridine rings is 1. The zero-order chi connectivity index (χ0) is 21.3. The summed E-state index contributed by atoms with van der Waals surface area (Å²) in [5.41, 5.74) is 3.84. The minimum absolute atomic E-state index is 0.0148. The van der Waals surface area contributed by atoms with Crippen molar-refractivity contribution in [3.05, 3.63) is 59.4 Å². The second kappa shape index (κ2) is 8.02. The Bertz CT molecular complexity index is 1150. The van der Waals surface area contributed by atoms with Crippen molar-refractivity contribution in [1.29, 1.82) is 0 Å². The number of aromatic amines is 1. The number of aromatic nitrogens is 2. The summed E-state index contributed by atoms with van der Waals surface area (Å²) >= 11 is 0. The molecule has 2 amide bonds. The predicted octanol–water partition coefficient (Wildman–Crippen LogP) is 3.69. The summed E-state index contributed by atoms with van der Waals surface area (Å²) in [6.45, 7) is 2.00. The van der Waals surface area contributed by atoms with Crippen LogP contribution in [0.1, 0.15) is 36.1 Å². The first-order chi connectivity index (χ1) is 14.5. The van der Waals surface area contributed by atoms with Crippen molar-refractivity contribution < 1.29 is 14.3 Å². The van der Waals surface area contributed by atoms with Crippen LogP contribution in [0, 0.1) is 0 Å². The van der Waals surface area contributed by atoms with Gasteiger partial charge in [-0.3, -0.25) is 9.59 Å². The Morgan fingerprint density at radius 3 is 2.93 bits per heavy atom. The van der Waals surface area contributed by atoms with Crippen molar-refractivity contribution in [2.24, 2.45) is 0 Å². The highest BCUT2D eigenvalue weighted by Gasteiger charge is 2.19. The molecule has 1 atom stereocenters. The number of hydrogen-bond donors (Lipinski definition) is 2. The molecule has 0 fully saturated rings. The van der Waals surface area contributed by atoms with Gasteiger partial charge in [0, 0.05) is 42.8 Å². The monoisotopic (exact) mass is 404 g/mol. The van der Waals surface area contributed by atoms with Gasteiger partial charge >= 0.3 is 0 Å². The second-order valence-corrected chi connectivity index (χ2v) is 7.44. The number of amides is 2. The van der Waals surface area contributed by atoms with Crippen LogP contribution < -0.4 is 10.1 Å². The van der Waals surface area contributed by atoms with E-state index in [4.69, 9.17) is 4.74 Å². The normalized spacial score (nSPS) is 14.4. The molecule has 0 bridgehead atoms. The standard InChI is InChI=1S/C23H24N4O3/c1-14(19-13-24-20-7-6-17(30-3)11-18(19)20)27(2)22(29)9-4-15-10-16-5-8-21(28)26-23(16)25-12-15/h4,6-7,9-14,24H,5,8H2,1-3H3,(H,25,26,28)/b9-4+. The zero-order valence-corrected chi connectivity index (χ0v) is 17.2. The number of H-pyrrole nitrogens is 1. The summed E-state index contributed by atoms with van der Waals surface area (Å²) in [5.74, 6) is 1.26. The molecule has 0 saturated carbocycles. The predicted molar refractivity (Wildman–Crippen MR) is 116 cm³/mol. The summed E-state index contributed by atoms with van der Waals surface area (Å²) < 4.78 is 5.33. The van der Waals surface area contributed by atoms with E-state index in [0.717, 1.165) is 33.3 Å². The van der Waals surface area contributed by atoms with Crippen LogP contribution in [0.5, 0.6) is 5.75 Å². The quantitative estimate of drug-likeness (QED) is 0.635. The van der Waals surface area contributed by atoms with E-state index in [0.29, 0.717) is 18.7 Å². The second-order valence-electron chi connectivity index (χ2n) is 7.44. The molecule has 154 valence electrons. The van der Waals surface area contributed by atoms with Crippen LogP contribution in [-0.4, -0.2) is 40.8 Å². The molecule has 1 aromatic carbocycles. The van der Waals surface area contributed by atoms with Crippen LogP contribution >= 0.6 is 0 Å². The highest BCUT2D eigenvalue weighted by molar-refractivity contribution is 5.94. The Kier molecular flexibility index (Phi) is 5.27. The van der Waals surface area contributed by atoms with E-state index in [2.05, 4.69) is 15.3 Å². The highest BCUT2D eigenvalue weighted by Crippen LogP contribution is 2.30. The maximum absolute atomic E-state index is 12.8. The van der Waals surface area contributed by atoms with Crippen molar-refractivity contribution in [3.63, 3.8) is 0 Å². The number of fused-ring (bicyclic) bond motifs is 2. The Morgan fingerprint density at radius 2 is 2.13 bits per heavy atom. The lowest BCUT2D eigenvalue weighted by atomic mass is 10.0. The Balaban J connectivity index is 1.50. The fourth-order valence-electron chi connectivity index (χ4n) is 3.64. The molecule has 1 aliphatic heterocycles. The summed E-state index contributed by atoms with van der Waals surface area (Å²) in [5, 5.41) is 3.80. The third kappa shape index (κ3) is 3.78. The number of likely N-dealkylation sites (N-methyl/N-ethyl adjacent to an activating group) is 1. The van der Waals surface area contributed by atoms with Gasteiger partial charge in [0.15, 0.2) is 0 Å². The molecule has 3 aromatic rings. The fraction of sp³-hybridized carbons (Fsp3) is 0.261. The van der Waals surface area contributed by atoms with Gasteiger partial charge in [-0.05, 0) is 60.4 Å². The van der Waals surface area contributed by atoms with Crippen molar-refractivity contribution in [2.45, 2.75) is 25.8 Å². The first kappa shape index (κ1) is 19.7. The average molecular weight is 404 g/mol. The molecule has 7 heteroatoms. The largest absolute Gasteiger partial charge is 0.497 e. The van der Waals surface area contributed by atoms with E-state index in [1.807, 2.05) is 37.4 Å². The number of ether oxygens (including phenoxy) is 1. The first-order valence-corrected chi connectivity index (χ1v) is 9.85. The SMILES string of the molecule is COc1ccc2[nH]cc(C(C)N(C)C(=O)/C=C/c3cnc4c(c3)CCC(=O)N4)c2c1. The van der Waals surface area contributed by atoms with Gasteiger partial charge in [0.2, 0.25) is 11.8 Å². The van der Waals surface area contributed by atoms with E-state index in [1.54, 1.807) is 37.4 Å². The zero-order valence-electron chi connectivity index (χ0n) is 17.2. The summed E-state index contributed by atoms with van der Waals surface area (Å²) in [6, 6.07) is 7.69. The topological polar surface area (TPSA) is 87.3 Å². The van der Waals surface area contributed by atoms with Crippen molar-refractivity contribution >= 4 is 34.6 Å². The van der Waals surface area contributed by atoms with E-state index in [1.165, 1.54) is 0 Å². The maximum atomic E-state index is 12.8. The number of aryl methyl sites for hydroxylation is 1. The van der Waals surface area contributed by atoms with E-state index in [9.17, 15) is 9.59 Å². The molecule has 1 aliphatic rings. The molecular formula is C23H24N4O3. The van der Waals surface area contributed by atoms with Gasteiger partial charge in [-0.15, -0.1) is 0 Å². The van der Waals surface area contributed by atoms with Crippen LogP contribution in [0.15, 0.2) is 42.7 Å². The number of nitrogens with one attached hydrogen (secondary N) is 2. The molecule has 7 nitrogen and oxygen atoms in total. The van der Waals surface area contributed by atoms with Gasteiger partial charge in [0.1, 0.15) is 11.6 Å². The molecule has 3 heterocycles. The Morgan fingerprint density at radius 1 is 1.30 bits per heavy atom. The highest BCUT2D eigenvalue weighted by atomic mass is 16.5. The molecule has 1 unspecified atom stereocenters. The molecule has 30 heavy (non-hydrogen) atoms. The number of nitrogens with zero attached hydrogens (tertiary/aromatic N) is 2. The fourth-order valence-corrected chi connectivity index (χ4v) is 3.64. The van der Waals surface area contributed by atoms with Crippen LogP contribution in [-0.2, 0) is 16.0 Å². The third-order valence-corrected chi connectivity index (χ3v) is 5.58. The van der Waals surface area contributed by atoms with Gasteiger partial charge in [0.25, 0.3) is 0 Å². The summed E-state index contributed by atoms with van der Waals surface area (Å²) in [4.78, 5) is 33.5. The average Bonchev–Trinajstić information content (AvgIpc) is 3.19. The number of benzene rings is 1. The lowest BCUT2D eigenvalue weighted by Crippen LogP contribution is -2.27. The van der Waals surface area contributed by atoms with Gasteiger partial charge in [0.05, 0.1) is 13.2 Å². The maximum Gasteiger partial charge on any atom is 0.246 e. The first-order valence-electron chi connectivity index (χ1n) is 9.85. The molecule has 4 rings (SSSR count). The number of methoxy groups -OCH3 is 1. The van der Waals surface area contributed by atoms with Crippen molar-refractivity contribution in [1.82, 2.24) is 14.9 Å². The number of anilines is 1. The molecule has 0 radical (unpaired) electrons. The van der Waals surface area contributed by atoms with Gasteiger partial charge < -0.3 is 19.9 Å². The summed E-state index contributed by atoms with van der Waals surface area (Å²) in [7, 11) is 3.43. The smallest absolute Gasteiger partial charge is 0.246 e. The van der Waals surface area contributed by atoms with Gasteiger partial charge in [-0.1, -0.05) is 0 Å². The minimum atomic E-state index is -0.125. The van der Waals surface area contributed by atoms with Crippen LogP contribution in [0.3, 0.4) is 0 Å². The van der Waals surface area contributed by atoms with E-state index in [-0.39, 0.29) is 17.9 Å². The lowest BCUT2D eigenvalue weighted by molar-refractivity contribution is -0.126. The Hall–Kier alpha value is -3.61. The summed E-state index contributed by atoms with van der Waals surface area (Å²) in [6.07, 6.45) is 8.01. The van der Waals surface area contributed by atoms with Crippen LogP contribution in [0.25, 0.3) is 17.0 Å². The third-order valence-electron chi connectivity index (χ3n) is 5.58.